The zero-order chi connectivity index (χ0) is 23.0. The summed E-state index contributed by atoms with van der Waals surface area (Å²) in [5, 5.41) is 7.53. The second-order valence-electron chi connectivity index (χ2n) is 8.65. The Morgan fingerprint density at radius 2 is 1.70 bits per heavy atom. The third-order valence-corrected chi connectivity index (χ3v) is 5.77. The number of para-hydroxylation sites is 2. The van der Waals surface area contributed by atoms with E-state index < -0.39 is 0 Å². The second-order valence-corrected chi connectivity index (χ2v) is 8.65. The van der Waals surface area contributed by atoms with Crippen LogP contribution in [0.3, 0.4) is 0 Å². The van der Waals surface area contributed by atoms with Gasteiger partial charge >= 0.3 is 6.03 Å². The molecule has 1 saturated heterocycles. The van der Waals surface area contributed by atoms with Gasteiger partial charge in [-0.05, 0) is 51.3 Å². The number of aromatic nitrogens is 2. The molecule has 1 aromatic heterocycles. The second kappa shape index (κ2) is 11.1. The average molecular weight is 448 g/mol. The molecule has 2 N–H and O–H groups in total. The van der Waals surface area contributed by atoms with Crippen molar-refractivity contribution in [3.63, 3.8) is 0 Å². The first-order chi connectivity index (χ1) is 16.1. The molecule has 0 aliphatic carbocycles. The van der Waals surface area contributed by atoms with Gasteiger partial charge in [0.2, 0.25) is 0 Å². The number of nitrogens with zero attached hydrogens (tertiary/aromatic N) is 5. The predicted molar refractivity (Wildman–Crippen MR) is 134 cm³/mol. The molecule has 0 bridgehead atoms. The van der Waals surface area contributed by atoms with E-state index in [9.17, 15) is 4.79 Å². The minimum absolute atomic E-state index is 0.0491. The van der Waals surface area contributed by atoms with Crippen LogP contribution in [0.25, 0.3) is 10.9 Å². The van der Waals surface area contributed by atoms with Gasteiger partial charge in [-0.15, -0.1) is 0 Å². The van der Waals surface area contributed by atoms with Gasteiger partial charge in [0.05, 0.1) is 12.1 Å². The van der Waals surface area contributed by atoms with E-state index in [1.54, 1.807) is 0 Å². The molecule has 0 spiro atoms. The minimum Gasteiger partial charge on any atom is -0.369 e. The number of amides is 2. The number of piperazine rings is 1. The number of carbonyl (C=O) groups excluding carboxylic acids is 1. The van der Waals surface area contributed by atoms with Crippen molar-refractivity contribution in [1.29, 1.82) is 0 Å². The molecular weight excluding hydrogens is 414 g/mol. The quantitative estimate of drug-likeness (QED) is 0.516. The number of anilines is 2. The molecule has 2 aromatic carbocycles. The highest BCUT2D eigenvalue weighted by Crippen LogP contribution is 2.21. The molecular formula is C25H33N7O. The molecule has 8 nitrogen and oxygen atoms in total. The molecule has 2 heterocycles. The number of rotatable bonds is 8. The first-order valence-electron chi connectivity index (χ1n) is 11.6. The number of benzene rings is 2. The number of hydrogen-bond donors (Lipinski definition) is 2. The van der Waals surface area contributed by atoms with Crippen molar-refractivity contribution in [2.24, 2.45) is 0 Å². The summed E-state index contributed by atoms with van der Waals surface area (Å²) in [6.07, 6.45) is 1.05. The van der Waals surface area contributed by atoms with Gasteiger partial charge in [-0.3, -0.25) is 4.90 Å². The average Bonchev–Trinajstić information content (AvgIpc) is 2.82. The maximum absolute atomic E-state index is 12.6. The van der Waals surface area contributed by atoms with Crippen LogP contribution in [0.5, 0.6) is 0 Å². The number of urea groups is 1. The highest BCUT2D eigenvalue weighted by molar-refractivity contribution is 5.89. The summed E-state index contributed by atoms with van der Waals surface area (Å²) in [6, 6.07) is 17.7. The molecule has 1 aliphatic heterocycles. The largest absolute Gasteiger partial charge is 0.369 e. The number of carbonyl (C=O) groups is 1. The Bertz CT molecular complexity index is 1050. The summed E-state index contributed by atoms with van der Waals surface area (Å²) in [5.41, 5.74) is 1.78. The van der Waals surface area contributed by atoms with Gasteiger partial charge < -0.3 is 20.4 Å². The Balaban J connectivity index is 1.35. The lowest BCUT2D eigenvalue weighted by atomic mass is 10.2. The van der Waals surface area contributed by atoms with Crippen LogP contribution in [0.2, 0.25) is 0 Å². The normalized spacial score (nSPS) is 14.6. The number of hydrogen-bond acceptors (Lipinski definition) is 6. The first kappa shape index (κ1) is 22.9. The van der Waals surface area contributed by atoms with Crippen molar-refractivity contribution in [1.82, 2.24) is 24.7 Å². The summed E-state index contributed by atoms with van der Waals surface area (Å²) < 4.78 is 0. The summed E-state index contributed by atoms with van der Waals surface area (Å²) in [6.45, 7) is 5.53. The maximum Gasteiger partial charge on any atom is 0.321 e. The van der Waals surface area contributed by atoms with Crippen LogP contribution in [0.4, 0.5) is 16.3 Å². The topological polar surface area (TPSA) is 76.6 Å². The van der Waals surface area contributed by atoms with Crippen LogP contribution < -0.4 is 10.6 Å². The van der Waals surface area contributed by atoms with Crippen molar-refractivity contribution in [3.05, 3.63) is 60.4 Å². The van der Waals surface area contributed by atoms with Crippen LogP contribution in [0.1, 0.15) is 12.2 Å². The van der Waals surface area contributed by atoms with E-state index in [0.29, 0.717) is 19.6 Å². The molecule has 0 saturated carbocycles. The van der Waals surface area contributed by atoms with Crippen molar-refractivity contribution < 1.29 is 4.79 Å². The molecule has 2 amide bonds. The Hall–Kier alpha value is -3.23. The predicted octanol–water partition coefficient (Wildman–Crippen LogP) is 3.34. The summed E-state index contributed by atoms with van der Waals surface area (Å²) in [7, 11) is 4.17. The van der Waals surface area contributed by atoms with Crippen LogP contribution in [0.15, 0.2) is 54.6 Å². The van der Waals surface area contributed by atoms with Crippen molar-refractivity contribution in [2.45, 2.75) is 13.0 Å². The molecule has 3 aromatic rings. The maximum atomic E-state index is 12.6. The van der Waals surface area contributed by atoms with Crippen molar-refractivity contribution in [2.75, 3.05) is 64.0 Å². The molecule has 1 aliphatic rings. The zero-order valence-electron chi connectivity index (χ0n) is 19.5. The molecule has 8 heteroatoms. The smallest absolute Gasteiger partial charge is 0.321 e. The lowest BCUT2D eigenvalue weighted by Gasteiger charge is -2.34. The Morgan fingerprint density at radius 1 is 0.970 bits per heavy atom. The third kappa shape index (κ3) is 6.40. The zero-order valence-corrected chi connectivity index (χ0v) is 19.5. The fraction of sp³-hybridized carbons (Fsp3) is 0.400. The van der Waals surface area contributed by atoms with Gasteiger partial charge in [-0.2, -0.15) is 0 Å². The highest BCUT2D eigenvalue weighted by Gasteiger charge is 2.22. The van der Waals surface area contributed by atoms with Crippen LogP contribution >= 0.6 is 0 Å². The number of nitrogens with one attached hydrogen (secondary N) is 2. The molecule has 1 fully saturated rings. The van der Waals surface area contributed by atoms with Crippen LogP contribution in [0, 0.1) is 0 Å². The molecule has 0 unspecified atom stereocenters. The Morgan fingerprint density at radius 3 is 2.45 bits per heavy atom. The summed E-state index contributed by atoms with van der Waals surface area (Å²) >= 11 is 0. The van der Waals surface area contributed by atoms with Crippen molar-refractivity contribution >= 4 is 28.4 Å². The van der Waals surface area contributed by atoms with Crippen LogP contribution in [-0.4, -0.2) is 84.1 Å². The van der Waals surface area contributed by atoms with Gasteiger partial charge in [0, 0.05) is 43.8 Å². The van der Waals surface area contributed by atoms with E-state index in [1.807, 2.05) is 53.4 Å². The van der Waals surface area contributed by atoms with Gasteiger partial charge in [-0.1, -0.05) is 30.3 Å². The lowest BCUT2D eigenvalue weighted by molar-refractivity contribution is 0.141. The standard InChI is InChI=1S/C25H33N7O/c1-30(2)14-8-13-26-24-21-11-6-7-12-22(21)28-23(29-24)19-31-15-17-32(18-16-31)25(33)27-20-9-4-3-5-10-20/h3-7,9-12H,8,13-19H2,1-2H3,(H,27,33)(H,26,28,29). The van der Waals surface area contributed by atoms with Gasteiger partial charge in [0.25, 0.3) is 0 Å². The van der Waals surface area contributed by atoms with E-state index in [-0.39, 0.29) is 6.03 Å². The Kier molecular flexibility index (Phi) is 7.70. The number of fused-ring (bicyclic) bond motifs is 1. The van der Waals surface area contributed by atoms with Gasteiger partial charge in [0.1, 0.15) is 11.6 Å². The fourth-order valence-corrected chi connectivity index (χ4v) is 3.97. The SMILES string of the molecule is CN(C)CCCNc1nc(CN2CCN(C(=O)Nc3ccccc3)CC2)nc2ccccc12. The Labute approximate surface area is 195 Å². The first-order valence-corrected chi connectivity index (χ1v) is 11.6. The fourth-order valence-electron chi connectivity index (χ4n) is 3.97. The van der Waals surface area contributed by atoms with Crippen molar-refractivity contribution in [3.8, 4) is 0 Å². The molecule has 0 atom stereocenters. The summed E-state index contributed by atoms with van der Waals surface area (Å²) in [5.74, 6) is 1.71. The van der Waals surface area contributed by atoms with E-state index in [4.69, 9.17) is 9.97 Å². The van der Waals surface area contributed by atoms with Gasteiger partial charge in [-0.25, -0.2) is 14.8 Å². The lowest BCUT2D eigenvalue weighted by Crippen LogP contribution is -2.49. The van der Waals surface area contributed by atoms with E-state index in [0.717, 1.165) is 60.8 Å². The van der Waals surface area contributed by atoms with Crippen LogP contribution in [-0.2, 0) is 6.54 Å². The van der Waals surface area contributed by atoms with E-state index in [1.165, 1.54) is 0 Å². The van der Waals surface area contributed by atoms with Gasteiger partial charge in [0.15, 0.2) is 0 Å². The van der Waals surface area contributed by atoms with E-state index >= 15 is 0 Å². The summed E-state index contributed by atoms with van der Waals surface area (Å²) in [4.78, 5) is 28.6. The molecule has 0 radical (unpaired) electrons. The monoisotopic (exact) mass is 447 g/mol. The van der Waals surface area contributed by atoms with E-state index in [2.05, 4.69) is 40.6 Å². The minimum atomic E-state index is -0.0491. The molecule has 174 valence electrons. The molecule has 33 heavy (non-hydrogen) atoms. The highest BCUT2D eigenvalue weighted by atomic mass is 16.2. The third-order valence-electron chi connectivity index (χ3n) is 5.77. The molecule has 4 rings (SSSR count).